The van der Waals surface area contributed by atoms with E-state index >= 15 is 0 Å². The number of rotatable bonds is 9. The fourth-order valence-electron chi connectivity index (χ4n) is 6.37. The van der Waals surface area contributed by atoms with Gasteiger partial charge in [0.2, 0.25) is 10.0 Å². The Morgan fingerprint density at radius 1 is 1.12 bits per heavy atom. The summed E-state index contributed by atoms with van der Waals surface area (Å²) in [5.41, 5.74) is 0.708. The molecule has 2 saturated carbocycles. The van der Waals surface area contributed by atoms with Gasteiger partial charge in [-0.05, 0) is 55.6 Å². The van der Waals surface area contributed by atoms with Crippen molar-refractivity contribution in [3.05, 3.63) is 24.3 Å². The van der Waals surface area contributed by atoms with Gasteiger partial charge >= 0.3 is 5.97 Å². The Morgan fingerprint density at radius 3 is 2.60 bits per heavy atom. The number of benzene rings is 1. The number of morpholine rings is 1. The highest BCUT2D eigenvalue weighted by Crippen LogP contribution is 2.38. The molecular formula is C29H42N4O5S2. The van der Waals surface area contributed by atoms with E-state index in [-0.39, 0.29) is 28.8 Å². The number of ether oxygens (including phenoxy) is 2. The van der Waals surface area contributed by atoms with Crippen molar-refractivity contribution >= 4 is 27.8 Å². The van der Waals surface area contributed by atoms with E-state index in [0.29, 0.717) is 60.6 Å². The Balaban J connectivity index is 1.35. The van der Waals surface area contributed by atoms with Gasteiger partial charge in [-0.3, -0.25) is 9.36 Å². The van der Waals surface area contributed by atoms with Gasteiger partial charge in [0.25, 0.3) is 0 Å². The maximum absolute atomic E-state index is 13.3. The van der Waals surface area contributed by atoms with Crippen LogP contribution in [-0.2, 0) is 24.3 Å². The predicted octanol–water partition coefficient (Wildman–Crippen LogP) is 5.18. The molecule has 1 aliphatic heterocycles. The van der Waals surface area contributed by atoms with E-state index < -0.39 is 10.0 Å². The van der Waals surface area contributed by atoms with Crippen LogP contribution in [0.3, 0.4) is 0 Å². The summed E-state index contributed by atoms with van der Waals surface area (Å²) >= 11 is 1.36. The van der Waals surface area contributed by atoms with Gasteiger partial charge in [-0.15, -0.1) is 10.2 Å². The highest BCUT2D eigenvalue weighted by Gasteiger charge is 2.34. The number of carbonyl (C=O) groups excluding carboxylic acids is 1. The lowest BCUT2D eigenvalue weighted by Gasteiger charge is -2.36. The van der Waals surface area contributed by atoms with E-state index in [0.717, 1.165) is 38.5 Å². The smallest absolute Gasteiger partial charge is 0.316 e. The van der Waals surface area contributed by atoms with Crippen LogP contribution in [0.25, 0.3) is 11.4 Å². The fourth-order valence-corrected chi connectivity index (χ4v) is 8.61. The predicted molar refractivity (Wildman–Crippen MR) is 154 cm³/mol. The van der Waals surface area contributed by atoms with Crippen molar-refractivity contribution in [1.29, 1.82) is 0 Å². The molecule has 3 aliphatic rings. The van der Waals surface area contributed by atoms with Gasteiger partial charge in [-0.2, -0.15) is 4.31 Å². The SMILES string of the molecule is CC(C)[C@@H]1CC[C@H](C)C[C@H]1OC(=O)CSc1nnc(-c2cccc(S(=O)(=O)N3CCOCC3)c2)n1C1CCCC1. The third-order valence-electron chi connectivity index (χ3n) is 8.62. The molecule has 1 aromatic carbocycles. The zero-order valence-corrected chi connectivity index (χ0v) is 25.5. The second kappa shape index (κ2) is 12.9. The van der Waals surface area contributed by atoms with Crippen LogP contribution in [0.2, 0.25) is 0 Å². The molecule has 3 fully saturated rings. The molecule has 0 N–H and O–H groups in total. The van der Waals surface area contributed by atoms with Crippen LogP contribution in [0.1, 0.15) is 71.8 Å². The number of hydrogen-bond donors (Lipinski definition) is 0. The van der Waals surface area contributed by atoms with Crippen LogP contribution in [0.5, 0.6) is 0 Å². The summed E-state index contributed by atoms with van der Waals surface area (Å²) in [6, 6.07) is 7.18. The van der Waals surface area contributed by atoms with Crippen LogP contribution in [0.15, 0.2) is 34.3 Å². The summed E-state index contributed by atoms with van der Waals surface area (Å²) in [5.74, 6) is 2.05. The van der Waals surface area contributed by atoms with Crippen LogP contribution >= 0.6 is 11.8 Å². The number of esters is 1. The van der Waals surface area contributed by atoms with E-state index in [9.17, 15) is 13.2 Å². The van der Waals surface area contributed by atoms with Gasteiger partial charge < -0.3 is 9.47 Å². The van der Waals surface area contributed by atoms with E-state index in [4.69, 9.17) is 9.47 Å². The molecule has 0 bridgehead atoms. The Bertz CT molecular complexity index is 1270. The van der Waals surface area contributed by atoms with Crippen LogP contribution < -0.4 is 0 Å². The minimum atomic E-state index is -3.64. The normalized spacial score (nSPS) is 24.9. The number of hydrogen-bond acceptors (Lipinski definition) is 8. The summed E-state index contributed by atoms with van der Waals surface area (Å²) in [6.07, 6.45) is 7.43. The first-order valence-electron chi connectivity index (χ1n) is 14.7. The average molecular weight is 591 g/mol. The van der Waals surface area contributed by atoms with Crippen molar-refractivity contribution in [2.45, 2.75) is 87.9 Å². The van der Waals surface area contributed by atoms with Crippen LogP contribution in [0, 0.1) is 17.8 Å². The first-order chi connectivity index (χ1) is 19.2. The Kier molecular flexibility index (Phi) is 9.54. The van der Waals surface area contributed by atoms with Gasteiger partial charge in [-0.1, -0.05) is 63.9 Å². The third-order valence-corrected chi connectivity index (χ3v) is 11.4. The Morgan fingerprint density at radius 2 is 1.88 bits per heavy atom. The second-order valence-corrected chi connectivity index (χ2v) is 14.7. The third kappa shape index (κ3) is 6.58. The lowest BCUT2D eigenvalue weighted by Crippen LogP contribution is -2.40. The molecule has 40 heavy (non-hydrogen) atoms. The lowest BCUT2D eigenvalue weighted by atomic mass is 9.75. The number of nitrogens with zero attached hydrogens (tertiary/aromatic N) is 4. The highest BCUT2D eigenvalue weighted by atomic mass is 32.2. The number of thioether (sulfide) groups is 1. The van der Waals surface area contributed by atoms with E-state index in [2.05, 4.69) is 35.5 Å². The van der Waals surface area contributed by atoms with Crippen molar-refractivity contribution < 1.29 is 22.7 Å². The maximum Gasteiger partial charge on any atom is 0.316 e. The highest BCUT2D eigenvalue weighted by molar-refractivity contribution is 7.99. The van der Waals surface area contributed by atoms with Gasteiger partial charge in [0.1, 0.15) is 6.10 Å². The summed E-state index contributed by atoms with van der Waals surface area (Å²) in [6.45, 7) is 8.15. The maximum atomic E-state index is 13.3. The zero-order valence-electron chi connectivity index (χ0n) is 23.8. The molecular weight excluding hydrogens is 548 g/mol. The van der Waals surface area contributed by atoms with Gasteiger partial charge in [0, 0.05) is 24.7 Å². The summed E-state index contributed by atoms with van der Waals surface area (Å²) < 4.78 is 41.6. The van der Waals surface area contributed by atoms with Gasteiger partial charge in [-0.25, -0.2) is 8.42 Å². The number of carbonyl (C=O) groups is 1. The van der Waals surface area contributed by atoms with Crippen molar-refractivity contribution in [3.63, 3.8) is 0 Å². The molecule has 2 aromatic rings. The van der Waals surface area contributed by atoms with Crippen molar-refractivity contribution in [1.82, 2.24) is 19.1 Å². The second-order valence-electron chi connectivity index (χ2n) is 11.8. The summed E-state index contributed by atoms with van der Waals surface area (Å²) in [4.78, 5) is 13.2. The van der Waals surface area contributed by atoms with Crippen LogP contribution in [0.4, 0.5) is 0 Å². The fraction of sp³-hybridized carbons (Fsp3) is 0.690. The zero-order chi connectivity index (χ0) is 28.3. The molecule has 0 amide bonds. The monoisotopic (exact) mass is 590 g/mol. The molecule has 9 nitrogen and oxygen atoms in total. The summed E-state index contributed by atoms with van der Waals surface area (Å²) in [7, 11) is -3.64. The molecule has 1 aromatic heterocycles. The van der Waals surface area contributed by atoms with Crippen molar-refractivity contribution in [2.24, 2.45) is 17.8 Å². The molecule has 0 spiro atoms. The summed E-state index contributed by atoms with van der Waals surface area (Å²) in [5, 5.41) is 9.68. The average Bonchev–Trinajstić information content (AvgIpc) is 3.62. The first-order valence-corrected chi connectivity index (χ1v) is 17.1. The molecule has 2 aliphatic carbocycles. The lowest BCUT2D eigenvalue weighted by molar-refractivity contribution is -0.152. The molecule has 3 atom stereocenters. The minimum Gasteiger partial charge on any atom is -0.461 e. The van der Waals surface area contributed by atoms with Crippen molar-refractivity contribution in [2.75, 3.05) is 32.1 Å². The van der Waals surface area contributed by atoms with Crippen LogP contribution in [-0.4, -0.2) is 71.6 Å². The minimum absolute atomic E-state index is 0.0312. The molecule has 11 heteroatoms. The van der Waals surface area contributed by atoms with E-state index in [1.165, 1.54) is 22.5 Å². The van der Waals surface area contributed by atoms with Crippen molar-refractivity contribution in [3.8, 4) is 11.4 Å². The Hall–Kier alpha value is -1.95. The molecule has 220 valence electrons. The first kappa shape index (κ1) is 29.5. The number of aromatic nitrogens is 3. The molecule has 2 heterocycles. The molecule has 1 saturated heterocycles. The molecule has 0 radical (unpaired) electrons. The van der Waals surface area contributed by atoms with Gasteiger partial charge in [0.05, 0.1) is 23.9 Å². The molecule has 5 rings (SSSR count). The van der Waals surface area contributed by atoms with E-state index in [1.54, 1.807) is 18.2 Å². The standard InChI is InChI=1S/C29H42N4O5S2/c1-20(2)25-12-11-21(3)17-26(25)38-27(34)19-39-29-31-30-28(33(29)23-8-4-5-9-23)22-7-6-10-24(18-22)40(35,36)32-13-15-37-16-14-32/h6-7,10,18,20-21,23,25-26H,4-5,8-9,11-17,19H2,1-3H3/t21-,25-,26+/m0/s1. The number of sulfonamides is 1. The topological polar surface area (TPSA) is 104 Å². The van der Waals surface area contributed by atoms with E-state index in [1.807, 2.05) is 6.07 Å². The quantitative estimate of drug-likeness (QED) is 0.291. The van der Waals surface area contributed by atoms with Gasteiger partial charge in [0.15, 0.2) is 11.0 Å². The largest absolute Gasteiger partial charge is 0.461 e. The molecule has 0 unspecified atom stereocenters. The Labute approximate surface area is 242 Å².